The van der Waals surface area contributed by atoms with E-state index in [1.54, 1.807) is 0 Å². The summed E-state index contributed by atoms with van der Waals surface area (Å²) in [7, 11) is 2.04. The average Bonchev–Trinajstić information content (AvgIpc) is 2.57. The molecule has 0 radical (unpaired) electrons. The monoisotopic (exact) mass is 330 g/mol. The fraction of sp³-hybridized carbons (Fsp3) is 0.526. The number of rotatable bonds is 6. The first-order valence-electron chi connectivity index (χ1n) is 8.74. The molecule has 1 aliphatic heterocycles. The summed E-state index contributed by atoms with van der Waals surface area (Å²) >= 11 is 0. The van der Waals surface area contributed by atoms with Crippen molar-refractivity contribution in [1.82, 2.24) is 9.88 Å². The second-order valence-corrected chi connectivity index (χ2v) is 6.49. The third kappa shape index (κ3) is 4.16. The van der Waals surface area contributed by atoms with E-state index in [0.29, 0.717) is 13.2 Å². The molecule has 24 heavy (non-hydrogen) atoms. The van der Waals surface area contributed by atoms with Gasteiger partial charge in [0.25, 0.3) is 5.56 Å². The first-order valence-corrected chi connectivity index (χ1v) is 8.74. The number of pyridine rings is 1. The molecule has 0 spiro atoms. The number of aromatic nitrogens is 1. The fourth-order valence-electron chi connectivity index (χ4n) is 3.26. The number of nitrogens with one attached hydrogen (secondary N) is 1. The third-order valence-electron chi connectivity index (χ3n) is 4.43. The maximum atomic E-state index is 12.3. The molecule has 0 unspecified atom stereocenters. The van der Waals surface area contributed by atoms with Crippen LogP contribution in [0.1, 0.15) is 31.7 Å². The number of ether oxygens (including phenoxy) is 2. The van der Waals surface area contributed by atoms with Crippen LogP contribution < -0.4 is 10.3 Å². The average molecular weight is 330 g/mol. The second kappa shape index (κ2) is 7.81. The number of fused-ring (bicyclic) bond motifs is 1. The van der Waals surface area contributed by atoms with Crippen molar-refractivity contribution in [2.24, 2.45) is 0 Å². The molecule has 0 bridgehead atoms. The van der Waals surface area contributed by atoms with Gasteiger partial charge in [0.2, 0.25) is 0 Å². The zero-order valence-electron chi connectivity index (χ0n) is 14.5. The van der Waals surface area contributed by atoms with Gasteiger partial charge in [0.05, 0.1) is 12.7 Å². The molecule has 1 aromatic heterocycles. The Hall–Kier alpha value is -1.85. The normalized spacial score (nSPS) is 18.2. The smallest absolute Gasteiger partial charge is 0.252 e. The lowest BCUT2D eigenvalue weighted by Gasteiger charge is -2.27. The SMILES string of the molecule is CCOc1ccc2[nH]c(=O)c(CN(C)C[C@H]3CCCCO3)cc2c1. The summed E-state index contributed by atoms with van der Waals surface area (Å²) in [6.45, 7) is 4.92. The van der Waals surface area contributed by atoms with Crippen LogP contribution in [0.25, 0.3) is 10.9 Å². The van der Waals surface area contributed by atoms with Crippen molar-refractivity contribution in [3.8, 4) is 5.75 Å². The van der Waals surface area contributed by atoms with Crippen LogP contribution in [0.15, 0.2) is 29.1 Å². The minimum Gasteiger partial charge on any atom is -0.494 e. The van der Waals surface area contributed by atoms with Crippen LogP contribution in [-0.2, 0) is 11.3 Å². The Morgan fingerprint density at radius 2 is 2.21 bits per heavy atom. The highest BCUT2D eigenvalue weighted by Gasteiger charge is 2.16. The quantitative estimate of drug-likeness (QED) is 0.885. The molecule has 1 N–H and O–H groups in total. The predicted molar refractivity (Wildman–Crippen MR) is 95.7 cm³/mol. The maximum absolute atomic E-state index is 12.3. The maximum Gasteiger partial charge on any atom is 0.252 e. The number of aromatic amines is 1. The molecule has 0 saturated carbocycles. The van der Waals surface area contributed by atoms with Crippen molar-refractivity contribution in [3.63, 3.8) is 0 Å². The Morgan fingerprint density at radius 3 is 2.96 bits per heavy atom. The van der Waals surface area contributed by atoms with Crippen molar-refractivity contribution < 1.29 is 9.47 Å². The summed E-state index contributed by atoms with van der Waals surface area (Å²) in [4.78, 5) is 17.5. The molecule has 1 aliphatic rings. The Kier molecular flexibility index (Phi) is 5.53. The number of H-pyrrole nitrogens is 1. The van der Waals surface area contributed by atoms with Gasteiger partial charge in [-0.1, -0.05) is 0 Å². The topological polar surface area (TPSA) is 54.6 Å². The van der Waals surface area contributed by atoms with E-state index < -0.39 is 0 Å². The van der Waals surface area contributed by atoms with Crippen LogP contribution in [-0.4, -0.2) is 42.8 Å². The molecule has 130 valence electrons. The standard InChI is InChI=1S/C19H26N2O3/c1-3-23-16-7-8-18-14(11-16)10-15(19(22)20-18)12-21(2)13-17-6-4-5-9-24-17/h7-8,10-11,17H,3-6,9,12-13H2,1-2H3,(H,20,22)/t17-/m1/s1. The van der Waals surface area contributed by atoms with Crippen LogP contribution in [0.2, 0.25) is 0 Å². The van der Waals surface area contributed by atoms with Crippen molar-refractivity contribution in [1.29, 1.82) is 0 Å². The molecule has 0 aliphatic carbocycles. The Morgan fingerprint density at radius 1 is 1.33 bits per heavy atom. The highest BCUT2D eigenvalue weighted by atomic mass is 16.5. The third-order valence-corrected chi connectivity index (χ3v) is 4.43. The predicted octanol–water partition coefficient (Wildman–Crippen LogP) is 2.93. The van der Waals surface area contributed by atoms with Crippen LogP contribution in [0, 0.1) is 0 Å². The lowest BCUT2D eigenvalue weighted by Crippen LogP contribution is -2.34. The number of hydrogen-bond donors (Lipinski definition) is 1. The largest absolute Gasteiger partial charge is 0.494 e. The van der Waals surface area contributed by atoms with E-state index >= 15 is 0 Å². The summed E-state index contributed by atoms with van der Waals surface area (Å²) < 4.78 is 11.3. The van der Waals surface area contributed by atoms with E-state index in [-0.39, 0.29) is 11.7 Å². The van der Waals surface area contributed by atoms with Gasteiger partial charge in [0, 0.05) is 36.2 Å². The zero-order valence-corrected chi connectivity index (χ0v) is 14.5. The van der Waals surface area contributed by atoms with Crippen molar-refractivity contribution >= 4 is 10.9 Å². The molecule has 2 heterocycles. The molecular formula is C19H26N2O3. The highest BCUT2D eigenvalue weighted by molar-refractivity contribution is 5.80. The molecular weight excluding hydrogens is 304 g/mol. The van der Waals surface area contributed by atoms with Crippen LogP contribution in [0.3, 0.4) is 0 Å². The molecule has 5 heteroatoms. The summed E-state index contributed by atoms with van der Waals surface area (Å²) in [5.41, 5.74) is 1.59. The Bertz CT molecular complexity index is 735. The molecule has 2 aromatic rings. The summed E-state index contributed by atoms with van der Waals surface area (Å²) in [6, 6.07) is 7.72. The van der Waals surface area contributed by atoms with Crippen LogP contribution >= 0.6 is 0 Å². The van der Waals surface area contributed by atoms with E-state index in [4.69, 9.17) is 9.47 Å². The van der Waals surface area contributed by atoms with Gasteiger partial charge < -0.3 is 14.5 Å². The first kappa shape index (κ1) is 17.0. The molecule has 1 atom stereocenters. The molecule has 0 amide bonds. The molecule has 1 saturated heterocycles. The summed E-state index contributed by atoms with van der Waals surface area (Å²) in [5, 5.41) is 0.998. The van der Waals surface area contributed by atoms with E-state index in [2.05, 4.69) is 9.88 Å². The van der Waals surface area contributed by atoms with E-state index in [9.17, 15) is 4.79 Å². The molecule has 3 rings (SSSR count). The van der Waals surface area contributed by atoms with Crippen LogP contribution in [0.5, 0.6) is 5.75 Å². The van der Waals surface area contributed by atoms with Crippen molar-refractivity contribution in [2.45, 2.75) is 38.8 Å². The van der Waals surface area contributed by atoms with Gasteiger partial charge in [-0.2, -0.15) is 0 Å². The van der Waals surface area contributed by atoms with Gasteiger partial charge in [-0.3, -0.25) is 9.69 Å². The number of likely N-dealkylation sites (N-methyl/N-ethyl adjacent to an activating group) is 1. The van der Waals surface area contributed by atoms with E-state index in [0.717, 1.165) is 48.2 Å². The zero-order chi connectivity index (χ0) is 16.9. The first-order chi connectivity index (χ1) is 11.7. The van der Waals surface area contributed by atoms with Gasteiger partial charge in [-0.15, -0.1) is 0 Å². The minimum absolute atomic E-state index is 0.0249. The lowest BCUT2D eigenvalue weighted by atomic mass is 10.1. The lowest BCUT2D eigenvalue weighted by molar-refractivity contribution is -0.00263. The second-order valence-electron chi connectivity index (χ2n) is 6.49. The van der Waals surface area contributed by atoms with E-state index in [1.165, 1.54) is 6.42 Å². The van der Waals surface area contributed by atoms with Gasteiger partial charge in [-0.25, -0.2) is 0 Å². The van der Waals surface area contributed by atoms with Crippen molar-refractivity contribution in [2.75, 3.05) is 26.8 Å². The Labute approximate surface area is 142 Å². The number of hydrogen-bond acceptors (Lipinski definition) is 4. The van der Waals surface area contributed by atoms with Gasteiger partial charge >= 0.3 is 0 Å². The summed E-state index contributed by atoms with van der Waals surface area (Å²) in [6.07, 6.45) is 3.78. The van der Waals surface area contributed by atoms with E-state index in [1.807, 2.05) is 38.2 Å². The minimum atomic E-state index is -0.0249. The molecule has 1 fully saturated rings. The number of benzene rings is 1. The van der Waals surface area contributed by atoms with Crippen LogP contribution in [0.4, 0.5) is 0 Å². The summed E-state index contributed by atoms with van der Waals surface area (Å²) in [5.74, 6) is 0.826. The Balaban J connectivity index is 1.75. The van der Waals surface area contributed by atoms with Crippen molar-refractivity contribution in [3.05, 3.63) is 40.2 Å². The van der Waals surface area contributed by atoms with Gasteiger partial charge in [0.1, 0.15) is 5.75 Å². The molecule has 5 nitrogen and oxygen atoms in total. The highest BCUT2D eigenvalue weighted by Crippen LogP contribution is 2.20. The number of nitrogens with zero attached hydrogens (tertiary/aromatic N) is 1. The van der Waals surface area contributed by atoms with Gasteiger partial charge in [0.15, 0.2) is 0 Å². The fourth-order valence-corrected chi connectivity index (χ4v) is 3.26. The molecule has 1 aromatic carbocycles. The van der Waals surface area contributed by atoms with Gasteiger partial charge in [-0.05, 0) is 57.5 Å².